The second kappa shape index (κ2) is 7.77. The summed E-state index contributed by atoms with van der Waals surface area (Å²) in [6, 6.07) is 24.6. The van der Waals surface area contributed by atoms with Crippen LogP contribution < -0.4 is 4.74 Å². The monoisotopic (exact) mass is 411 g/mol. The van der Waals surface area contributed by atoms with E-state index in [0.717, 1.165) is 24.1 Å². The van der Waals surface area contributed by atoms with Crippen molar-refractivity contribution in [1.82, 2.24) is 0 Å². The van der Waals surface area contributed by atoms with E-state index in [4.69, 9.17) is 21.3 Å². The molecule has 0 N–H and O–H groups in total. The third-order valence-electron chi connectivity index (χ3n) is 5.38. The molecule has 146 valence electrons. The minimum Gasteiger partial charge on any atom is -0.423 e. The lowest BCUT2D eigenvalue weighted by Gasteiger charge is -2.06. The van der Waals surface area contributed by atoms with Crippen molar-refractivity contribution in [2.45, 2.75) is 12.8 Å². The second-order valence-corrected chi connectivity index (χ2v) is 7.74. The van der Waals surface area contributed by atoms with Crippen molar-refractivity contribution in [3.8, 4) is 5.75 Å². The van der Waals surface area contributed by atoms with E-state index in [1.807, 2.05) is 18.3 Å². The van der Waals surface area contributed by atoms with Crippen LogP contribution in [0.5, 0.6) is 5.75 Å². The molecule has 0 radical (unpaired) electrons. The van der Waals surface area contributed by atoms with Crippen LogP contribution in [0.15, 0.2) is 83.9 Å². The standard InChI is InChI=1S/C26H18ClNO2/c27-21-11-8-20(9-12-21)26(29)30-22-13-4-17(5-14-22)16-28-24-15-10-19-7-6-18-2-1-3-23(24)25(18)19/h1-5,8-16H,6-7H2. The molecule has 4 heteroatoms. The van der Waals surface area contributed by atoms with Gasteiger partial charge in [0.2, 0.25) is 0 Å². The number of halogens is 1. The normalized spacial score (nSPS) is 12.6. The molecule has 0 atom stereocenters. The summed E-state index contributed by atoms with van der Waals surface area (Å²) in [5, 5.41) is 3.14. The highest BCUT2D eigenvalue weighted by Crippen LogP contribution is 2.36. The van der Waals surface area contributed by atoms with E-state index in [-0.39, 0.29) is 0 Å². The van der Waals surface area contributed by atoms with Gasteiger partial charge < -0.3 is 4.74 Å². The predicted molar refractivity (Wildman–Crippen MR) is 121 cm³/mol. The first-order valence-corrected chi connectivity index (χ1v) is 10.2. The zero-order valence-corrected chi connectivity index (χ0v) is 16.9. The van der Waals surface area contributed by atoms with Gasteiger partial charge in [-0.1, -0.05) is 35.9 Å². The number of esters is 1. The average Bonchev–Trinajstić information content (AvgIpc) is 3.20. The lowest BCUT2D eigenvalue weighted by molar-refractivity contribution is 0.0735. The van der Waals surface area contributed by atoms with Crippen molar-refractivity contribution in [3.63, 3.8) is 0 Å². The summed E-state index contributed by atoms with van der Waals surface area (Å²) in [7, 11) is 0. The fraction of sp³-hybridized carbons (Fsp3) is 0.0769. The van der Waals surface area contributed by atoms with Gasteiger partial charge in [0.1, 0.15) is 5.75 Å². The Labute approximate surface area is 179 Å². The molecule has 0 heterocycles. The topological polar surface area (TPSA) is 38.7 Å². The number of ether oxygens (including phenoxy) is 1. The molecule has 1 aliphatic rings. The van der Waals surface area contributed by atoms with Crippen LogP contribution in [0.2, 0.25) is 5.02 Å². The van der Waals surface area contributed by atoms with Gasteiger partial charge in [-0.05, 0) is 89.5 Å². The van der Waals surface area contributed by atoms with Crippen LogP contribution in [-0.4, -0.2) is 12.2 Å². The van der Waals surface area contributed by atoms with E-state index in [1.165, 1.54) is 21.9 Å². The van der Waals surface area contributed by atoms with E-state index < -0.39 is 5.97 Å². The summed E-state index contributed by atoms with van der Waals surface area (Å²) in [6.45, 7) is 0. The molecular formula is C26H18ClNO2. The summed E-state index contributed by atoms with van der Waals surface area (Å²) >= 11 is 5.85. The zero-order chi connectivity index (χ0) is 20.5. The highest BCUT2D eigenvalue weighted by molar-refractivity contribution is 6.30. The van der Waals surface area contributed by atoms with Crippen LogP contribution in [-0.2, 0) is 12.8 Å². The molecule has 0 amide bonds. The van der Waals surface area contributed by atoms with Gasteiger partial charge >= 0.3 is 5.97 Å². The molecule has 1 aliphatic carbocycles. The molecule has 0 saturated heterocycles. The first-order valence-electron chi connectivity index (χ1n) is 9.83. The molecule has 0 fully saturated rings. The lowest BCUT2D eigenvalue weighted by atomic mass is 10.0. The highest BCUT2D eigenvalue weighted by atomic mass is 35.5. The largest absolute Gasteiger partial charge is 0.423 e. The quantitative estimate of drug-likeness (QED) is 0.216. The van der Waals surface area contributed by atoms with Crippen LogP contribution in [0.4, 0.5) is 5.69 Å². The van der Waals surface area contributed by atoms with Crippen molar-refractivity contribution in [2.24, 2.45) is 4.99 Å². The van der Waals surface area contributed by atoms with E-state index >= 15 is 0 Å². The van der Waals surface area contributed by atoms with Crippen LogP contribution in [0.25, 0.3) is 10.8 Å². The van der Waals surface area contributed by atoms with Crippen molar-refractivity contribution in [2.75, 3.05) is 0 Å². The zero-order valence-electron chi connectivity index (χ0n) is 16.1. The van der Waals surface area contributed by atoms with Gasteiger partial charge in [-0.25, -0.2) is 4.79 Å². The first kappa shape index (κ1) is 18.6. The van der Waals surface area contributed by atoms with Gasteiger partial charge in [-0.15, -0.1) is 0 Å². The number of hydrogen-bond acceptors (Lipinski definition) is 3. The molecule has 5 rings (SSSR count). The number of aryl methyl sites for hydroxylation is 2. The van der Waals surface area contributed by atoms with Crippen LogP contribution in [0.1, 0.15) is 27.0 Å². The van der Waals surface area contributed by atoms with Gasteiger partial charge in [0.05, 0.1) is 11.3 Å². The molecule has 0 spiro atoms. The third kappa shape index (κ3) is 3.60. The van der Waals surface area contributed by atoms with E-state index in [2.05, 4.69) is 30.3 Å². The molecule has 0 saturated carbocycles. The second-order valence-electron chi connectivity index (χ2n) is 7.31. The Bertz CT molecular complexity index is 1260. The Morgan fingerprint density at radius 3 is 2.37 bits per heavy atom. The molecule has 3 nitrogen and oxygen atoms in total. The fourth-order valence-electron chi connectivity index (χ4n) is 3.86. The first-order chi connectivity index (χ1) is 14.7. The van der Waals surface area contributed by atoms with Gasteiger partial charge in [-0.3, -0.25) is 4.99 Å². The number of carbonyl (C=O) groups excluding carboxylic acids is 1. The Morgan fingerprint density at radius 1 is 0.867 bits per heavy atom. The van der Waals surface area contributed by atoms with Crippen molar-refractivity contribution >= 4 is 40.2 Å². The van der Waals surface area contributed by atoms with Crippen LogP contribution in [0, 0.1) is 0 Å². The Balaban J connectivity index is 1.33. The lowest BCUT2D eigenvalue weighted by Crippen LogP contribution is -2.08. The van der Waals surface area contributed by atoms with Gasteiger partial charge in [-0.2, -0.15) is 0 Å². The minimum absolute atomic E-state index is 0.416. The summed E-state index contributed by atoms with van der Waals surface area (Å²) in [6.07, 6.45) is 4.05. The molecule has 0 aliphatic heterocycles. The summed E-state index contributed by atoms with van der Waals surface area (Å²) in [4.78, 5) is 16.9. The van der Waals surface area contributed by atoms with E-state index in [9.17, 15) is 4.79 Å². The maximum absolute atomic E-state index is 12.2. The Hall–Kier alpha value is -3.43. The SMILES string of the molecule is O=C(Oc1ccc(C=Nc2ccc3c4c(cccc24)CC3)cc1)c1ccc(Cl)cc1. The summed E-state index contributed by atoms with van der Waals surface area (Å²) < 4.78 is 5.42. The number of benzene rings is 4. The molecular weight excluding hydrogens is 394 g/mol. The fourth-order valence-corrected chi connectivity index (χ4v) is 3.99. The minimum atomic E-state index is -0.416. The van der Waals surface area contributed by atoms with Crippen molar-refractivity contribution < 1.29 is 9.53 Å². The number of nitrogens with zero attached hydrogens (tertiary/aromatic N) is 1. The Morgan fingerprint density at radius 2 is 1.60 bits per heavy atom. The summed E-state index contributed by atoms with van der Waals surface area (Å²) in [5.74, 6) is 0.0680. The number of rotatable bonds is 4. The molecule has 0 aromatic heterocycles. The maximum atomic E-state index is 12.2. The number of hydrogen-bond donors (Lipinski definition) is 0. The number of carbonyl (C=O) groups is 1. The van der Waals surface area contributed by atoms with Crippen molar-refractivity contribution in [1.29, 1.82) is 0 Å². The molecule has 30 heavy (non-hydrogen) atoms. The van der Waals surface area contributed by atoms with Gasteiger partial charge in [0.15, 0.2) is 0 Å². The predicted octanol–water partition coefficient (Wildman–Crippen LogP) is 6.56. The Kier molecular flexibility index (Phi) is 4.82. The van der Waals surface area contributed by atoms with Crippen LogP contribution in [0.3, 0.4) is 0 Å². The maximum Gasteiger partial charge on any atom is 0.343 e. The summed E-state index contributed by atoms with van der Waals surface area (Å²) in [5.41, 5.74) is 5.18. The van der Waals surface area contributed by atoms with E-state index in [1.54, 1.807) is 36.4 Å². The third-order valence-corrected chi connectivity index (χ3v) is 5.63. The molecule has 4 aromatic rings. The number of aliphatic imine (C=N–C) groups is 1. The van der Waals surface area contributed by atoms with Crippen molar-refractivity contribution in [3.05, 3.63) is 106 Å². The van der Waals surface area contributed by atoms with Crippen LogP contribution >= 0.6 is 11.6 Å². The van der Waals surface area contributed by atoms with E-state index in [0.29, 0.717) is 16.3 Å². The highest BCUT2D eigenvalue weighted by Gasteiger charge is 2.15. The smallest absolute Gasteiger partial charge is 0.343 e. The molecule has 0 unspecified atom stereocenters. The van der Waals surface area contributed by atoms with Gasteiger partial charge in [0, 0.05) is 16.6 Å². The molecule has 4 aromatic carbocycles. The molecule has 0 bridgehead atoms. The van der Waals surface area contributed by atoms with Gasteiger partial charge in [0.25, 0.3) is 0 Å². The average molecular weight is 412 g/mol.